The number of aryl methyl sites for hydroxylation is 2. The van der Waals surface area contributed by atoms with Gasteiger partial charge in [0.25, 0.3) is 11.5 Å². The van der Waals surface area contributed by atoms with Crippen molar-refractivity contribution in [2.75, 3.05) is 12.4 Å². The number of methoxy groups -OCH3 is 1. The van der Waals surface area contributed by atoms with Gasteiger partial charge in [0.15, 0.2) is 4.80 Å². The number of nitrogens with zero attached hydrogens (tertiary/aromatic N) is 4. The molecule has 4 aromatic rings. The number of nitrogens with one attached hydrogen (secondary N) is 1. The molecule has 3 heterocycles. The second-order valence-electron chi connectivity index (χ2n) is 8.52. The van der Waals surface area contributed by atoms with Crippen molar-refractivity contribution in [3.63, 3.8) is 0 Å². The summed E-state index contributed by atoms with van der Waals surface area (Å²) in [6, 6.07) is 16.0. The second-order valence-corrected chi connectivity index (χ2v) is 9.53. The highest BCUT2D eigenvalue weighted by atomic mass is 32.1. The van der Waals surface area contributed by atoms with Crippen LogP contribution in [0.2, 0.25) is 0 Å². The van der Waals surface area contributed by atoms with E-state index in [1.54, 1.807) is 23.3 Å². The molecule has 0 aliphatic carbocycles. The van der Waals surface area contributed by atoms with Crippen molar-refractivity contribution in [2.45, 2.75) is 19.9 Å². The van der Waals surface area contributed by atoms with Crippen LogP contribution in [0.25, 0.3) is 6.08 Å². The Balaban J connectivity index is 1.68. The lowest BCUT2D eigenvalue weighted by Gasteiger charge is -2.25. The van der Waals surface area contributed by atoms with Crippen LogP contribution in [0.4, 0.5) is 5.69 Å². The smallest absolute Gasteiger partial charge is 0.271 e. The SMILES string of the molecule is COc1ccc([C@H]2C(C(=O)Nc3ccccc3)=C(C)N=c3s/c(=C/c4cn(C)nc4C)c(=O)n32)cc1. The van der Waals surface area contributed by atoms with Gasteiger partial charge in [0.1, 0.15) is 5.75 Å². The lowest BCUT2D eigenvalue weighted by Crippen LogP contribution is -2.40. The molecule has 0 spiro atoms. The van der Waals surface area contributed by atoms with Crippen LogP contribution in [0.3, 0.4) is 0 Å². The summed E-state index contributed by atoms with van der Waals surface area (Å²) in [5.74, 6) is 0.384. The largest absolute Gasteiger partial charge is 0.497 e. The van der Waals surface area contributed by atoms with Gasteiger partial charge in [-0.15, -0.1) is 0 Å². The van der Waals surface area contributed by atoms with Gasteiger partial charge in [-0.05, 0) is 49.8 Å². The Bertz CT molecular complexity index is 1660. The Morgan fingerprint density at radius 1 is 1.11 bits per heavy atom. The van der Waals surface area contributed by atoms with Gasteiger partial charge in [0.2, 0.25) is 0 Å². The highest BCUT2D eigenvalue weighted by Gasteiger charge is 2.32. The molecule has 2 aromatic carbocycles. The summed E-state index contributed by atoms with van der Waals surface area (Å²) in [7, 11) is 3.44. The number of carbonyl (C=O) groups excluding carboxylic acids is 1. The molecule has 0 bridgehead atoms. The molecular weight excluding hydrogens is 474 g/mol. The van der Waals surface area contributed by atoms with E-state index in [9.17, 15) is 9.59 Å². The molecule has 2 aromatic heterocycles. The van der Waals surface area contributed by atoms with Crippen LogP contribution in [0.15, 0.2) is 81.9 Å². The molecule has 36 heavy (non-hydrogen) atoms. The highest BCUT2D eigenvalue weighted by Crippen LogP contribution is 2.31. The van der Waals surface area contributed by atoms with Crippen LogP contribution in [0, 0.1) is 6.92 Å². The summed E-state index contributed by atoms with van der Waals surface area (Å²) in [6.45, 7) is 3.71. The van der Waals surface area contributed by atoms with Gasteiger partial charge in [0, 0.05) is 24.5 Å². The maximum absolute atomic E-state index is 13.8. The number of allylic oxidation sites excluding steroid dienone is 1. The summed E-state index contributed by atoms with van der Waals surface area (Å²) in [6.07, 6.45) is 3.71. The fourth-order valence-corrected chi connectivity index (χ4v) is 5.37. The highest BCUT2D eigenvalue weighted by molar-refractivity contribution is 7.07. The van der Waals surface area contributed by atoms with E-state index in [0.717, 1.165) is 16.8 Å². The third-order valence-corrected chi connectivity index (χ3v) is 7.05. The zero-order valence-corrected chi connectivity index (χ0v) is 21.2. The molecule has 5 rings (SSSR count). The molecule has 0 fully saturated rings. The van der Waals surface area contributed by atoms with Crippen molar-refractivity contribution < 1.29 is 9.53 Å². The summed E-state index contributed by atoms with van der Waals surface area (Å²) < 4.78 is 9.17. The lowest BCUT2D eigenvalue weighted by atomic mass is 9.95. The van der Waals surface area contributed by atoms with E-state index in [1.165, 1.54) is 11.3 Å². The first-order valence-corrected chi connectivity index (χ1v) is 12.2. The Hall–Kier alpha value is -4.24. The molecule has 1 amide bonds. The van der Waals surface area contributed by atoms with Gasteiger partial charge < -0.3 is 10.1 Å². The quantitative estimate of drug-likeness (QED) is 0.457. The zero-order valence-electron chi connectivity index (χ0n) is 20.4. The van der Waals surface area contributed by atoms with Gasteiger partial charge in [-0.25, -0.2) is 4.99 Å². The van der Waals surface area contributed by atoms with Crippen LogP contribution in [0.1, 0.15) is 29.8 Å². The van der Waals surface area contributed by atoms with Crippen LogP contribution in [-0.2, 0) is 11.8 Å². The summed E-state index contributed by atoms with van der Waals surface area (Å²) in [5.41, 5.74) is 3.92. The monoisotopic (exact) mass is 499 g/mol. The van der Waals surface area contributed by atoms with Crippen molar-refractivity contribution in [1.82, 2.24) is 14.3 Å². The van der Waals surface area contributed by atoms with E-state index < -0.39 is 6.04 Å². The van der Waals surface area contributed by atoms with E-state index >= 15 is 0 Å². The van der Waals surface area contributed by atoms with Gasteiger partial charge in [0.05, 0.1) is 34.6 Å². The number of ether oxygens (including phenoxy) is 1. The molecule has 1 atom stereocenters. The van der Waals surface area contributed by atoms with E-state index in [1.807, 2.05) is 80.8 Å². The summed E-state index contributed by atoms with van der Waals surface area (Å²) in [5, 5.41) is 7.33. The molecule has 8 nitrogen and oxygen atoms in total. The van der Waals surface area contributed by atoms with Crippen molar-refractivity contribution in [3.05, 3.63) is 109 Å². The predicted molar refractivity (Wildman–Crippen MR) is 140 cm³/mol. The Morgan fingerprint density at radius 2 is 1.83 bits per heavy atom. The van der Waals surface area contributed by atoms with Crippen molar-refractivity contribution in [2.24, 2.45) is 12.0 Å². The molecule has 0 saturated heterocycles. The second kappa shape index (κ2) is 9.43. The van der Waals surface area contributed by atoms with Crippen LogP contribution >= 0.6 is 11.3 Å². The number of carbonyl (C=O) groups is 1. The van der Waals surface area contributed by atoms with Crippen molar-refractivity contribution >= 4 is 29.0 Å². The Morgan fingerprint density at radius 3 is 2.47 bits per heavy atom. The zero-order chi connectivity index (χ0) is 25.4. The van der Waals surface area contributed by atoms with E-state index in [2.05, 4.69) is 15.4 Å². The average molecular weight is 500 g/mol. The molecule has 1 N–H and O–H groups in total. The van der Waals surface area contributed by atoms with Gasteiger partial charge >= 0.3 is 0 Å². The first-order valence-electron chi connectivity index (χ1n) is 11.4. The Labute approximate surface area is 211 Å². The maximum atomic E-state index is 13.8. The van der Waals surface area contributed by atoms with Crippen molar-refractivity contribution in [1.29, 1.82) is 0 Å². The fraction of sp³-hybridized carbons (Fsp3) is 0.185. The lowest BCUT2D eigenvalue weighted by molar-refractivity contribution is -0.113. The number of para-hydroxylation sites is 1. The number of aromatic nitrogens is 3. The third-order valence-electron chi connectivity index (χ3n) is 6.07. The van der Waals surface area contributed by atoms with Crippen molar-refractivity contribution in [3.8, 4) is 5.75 Å². The number of amides is 1. The predicted octanol–water partition coefficient (Wildman–Crippen LogP) is 2.92. The molecule has 1 aliphatic rings. The molecule has 182 valence electrons. The van der Waals surface area contributed by atoms with Gasteiger partial charge in [-0.1, -0.05) is 41.7 Å². The standard InChI is InChI=1S/C27H25N5O3S/c1-16-19(15-31(3)30-16)14-22-26(34)32-24(18-10-12-21(35-4)13-11-18)23(17(2)28-27(32)36-22)25(33)29-20-8-6-5-7-9-20/h5-15,24H,1-4H3,(H,29,33)/b22-14+/t24-/m0/s1. The number of thiazole rings is 1. The normalized spacial score (nSPS) is 15.4. The maximum Gasteiger partial charge on any atom is 0.271 e. The fourth-order valence-electron chi connectivity index (χ4n) is 4.33. The average Bonchev–Trinajstić information content (AvgIpc) is 3.35. The molecule has 0 saturated carbocycles. The molecular formula is C27H25N5O3S. The van der Waals surface area contributed by atoms with E-state index in [4.69, 9.17) is 4.74 Å². The molecule has 0 radical (unpaired) electrons. The summed E-state index contributed by atoms with van der Waals surface area (Å²) in [4.78, 5) is 32.5. The van der Waals surface area contributed by atoms with E-state index in [0.29, 0.717) is 32.0 Å². The number of anilines is 1. The minimum absolute atomic E-state index is 0.208. The van der Waals surface area contributed by atoms with Crippen LogP contribution in [0.5, 0.6) is 5.75 Å². The first kappa shape index (κ1) is 23.5. The third kappa shape index (κ3) is 4.29. The van der Waals surface area contributed by atoms with Gasteiger partial charge in [-0.3, -0.25) is 18.8 Å². The number of fused-ring (bicyclic) bond motifs is 1. The number of hydrogen-bond donors (Lipinski definition) is 1. The number of hydrogen-bond acceptors (Lipinski definition) is 6. The molecule has 0 unspecified atom stereocenters. The minimum Gasteiger partial charge on any atom is -0.497 e. The molecule has 9 heteroatoms. The van der Waals surface area contributed by atoms with E-state index in [-0.39, 0.29) is 11.5 Å². The first-order chi connectivity index (χ1) is 17.4. The number of rotatable bonds is 5. The van der Waals surface area contributed by atoms with Gasteiger partial charge in [-0.2, -0.15) is 5.10 Å². The summed E-state index contributed by atoms with van der Waals surface area (Å²) >= 11 is 1.30. The molecule has 1 aliphatic heterocycles. The number of benzene rings is 2. The Kier molecular flexibility index (Phi) is 6.15. The van der Waals surface area contributed by atoms with Crippen LogP contribution < -0.4 is 24.9 Å². The minimum atomic E-state index is -0.645. The topological polar surface area (TPSA) is 90.5 Å². The van der Waals surface area contributed by atoms with Crippen LogP contribution in [-0.4, -0.2) is 27.4 Å².